The molecule has 2 bridgehead atoms. The van der Waals surface area contributed by atoms with E-state index in [4.69, 9.17) is 14.2 Å². The summed E-state index contributed by atoms with van der Waals surface area (Å²) < 4.78 is 31.5. The summed E-state index contributed by atoms with van der Waals surface area (Å²) in [5.41, 5.74) is 2.58. The number of halogens is 1. The number of hydrogen-bond acceptors (Lipinski definition) is 9. The Morgan fingerprint density at radius 1 is 1.25 bits per heavy atom. The minimum atomic E-state index is -0.349. The van der Waals surface area contributed by atoms with Crippen molar-refractivity contribution in [1.29, 1.82) is 0 Å². The van der Waals surface area contributed by atoms with Gasteiger partial charge in [0.25, 0.3) is 5.91 Å². The summed E-state index contributed by atoms with van der Waals surface area (Å²) in [4.78, 5) is 27.0. The van der Waals surface area contributed by atoms with Gasteiger partial charge in [0.2, 0.25) is 5.88 Å². The van der Waals surface area contributed by atoms with Gasteiger partial charge in [0, 0.05) is 43.9 Å². The molecule has 0 aromatic carbocycles. The molecule has 36 heavy (non-hydrogen) atoms. The van der Waals surface area contributed by atoms with Crippen LogP contribution >= 0.6 is 0 Å². The number of morpholine rings is 1. The zero-order valence-corrected chi connectivity index (χ0v) is 19.9. The molecule has 11 heteroatoms. The predicted octanol–water partition coefficient (Wildman–Crippen LogP) is 1.68. The summed E-state index contributed by atoms with van der Waals surface area (Å²) in [5, 5.41) is 6.31. The Hall–Kier alpha value is -3.41. The fourth-order valence-electron chi connectivity index (χ4n) is 5.17. The number of anilines is 1. The highest BCUT2D eigenvalue weighted by Crippen LogP contribution is 2.29. The SMILES string of the molecule is COc1ccc2ncc(F)c(CCN3C[C@H]4C[C@@H](NCc5ccc6c(n5)NC(=O)CO6)[C@H](C3)O4)c2n1. The molecule has 2 saturated heterocycles. The molecule has 188 valence electrons. The monoisotopic (exact) mass is 494 g/mol. The second-order valence-electron chi connectivity index (χ2n) is 9.32. The third-order valence-corrected chi connectivity index (χ3v) is 6.94. The van der Waals surface area contributed by atoms with Crippen LogP contribution < -0.4 is 20.1 Å². The first kappa shape index (κ1) is 23.0. The molecule has 2 fully saturated rings. The van der Waals surface area contributed by atoms with Gasteiger partial charge in [0.1, 0.15) is 5.82 Å². The van der Waals surface area contributed by atoms with Crippen LogP contribution in [0.15, 0.2) is 30.5 Å². The van der Waals surface area contributed by atoms with Crippen LogP contribution in [-0.4, -0.2) is 77.4 Å². The van der Waals surface area contributed by atoms with Crippen LogP contribution in [0.5, 0.6) is 11.6 Å². The summed E-state index contributed by atoms with van der Waals surface area (Å²) in [6.07, 6.45) is 2.86. The van der Waals surface area contributed by atoms with Crippen LogP contribution in [0.4, 0.5) is 10.2 Å². The van der Waals surface area contributed by atoms with Crippen molar-refractivity contribution in [3.63, 3.8) is 0 Å². The Kier molecular flexibility index (Phi) is 6.12. The Balaban J connectivity index is 1.08. The molecule has 0 spiro atoms. The van der Waals surface area contributed by atoms with Gasteiger partial charge < -0.3 is 24.8 Å². The Morgan fingerprint density at radius 2 is 2.17 bits per heavy atom. The van der Waals surface area contributed by atoms with Crippen molar-refractivity contribution in [3.8, 4) is 11.6 Å². The third-order valence-electron chi connectivity index (χ3n) is 6.94. The first-order valence-corrected chi connectivity index (χ1v) is 12.1. The number of aromatic nitrogens is 3. The van der Waals surface area contributed by atoms with E-state index in [0.29, 0.717) is 53.6 Å². The molecule has 3 atom stereocenters. The number of amides is 1. The zero-order chi connectivity index (χ0) is 24.6. The van der Waals surface area contributed by atoms with Gasteiger partial charge >= 0.3 is 0 Å². The van der Waals surface area contributed by atoms with Crippen molar-refractivity contribution < 1.29 is 23.4 Å². The van der Waals surface area contributed by atoms with Crippen LogP contribution in [0.3, 0.4) is 0 Å². The molecule has 3 aliphatic rings. The van der Waals surface area contributed by atoms with Crippen molar-refractivity contribution in [2.75, 3.05) is 38.7 Å². The highest BCUT2D eigenvalue weighted by Gasteiger charge is 2.40. The minimum absolute atomic E-state index is 0.0139. The number of nitrogens with one attached hydrogen (secondary N) is 2. The first-order chi connectivity index (χ1) is 17.6. The average Bonchev–Trinajstić information content (AvgIpc) is 3.18. The van der Waals surface area contributed by atoms with E-state index in [9.17, 15) is 9.18 Å². The second-order valence-corrected chi connectivity index (χ2v) is 9.32. The van der Waals surface area contributed by atoms with Gasteiger partial charge in [-0.3, -0.25) is 14.7 Å². The summed E-state index contributed by atoms with van der Waals surface area (Å²) in [5.74, 6) is 0.936. The lowest BCUT2D eigenvalue weighted by molar-refractivity contribution is -0.118. The van der Waals surface area contributed by atoms with E-state index in [0.717, 1.165) is 25.2 Å². The molecule has 1 amide bonds. The quantitative estimate of drug-likeness (QED) is 0.507. The fraction of sp³-hybridized carbons (Fsp3) is 0.440. The Bertz CT molecular complexity index is 1310. The summed E-state index contributed by atoms with van der Waals surface area (Å²) in [6, 6.07) is 7.44. The predicted molar refractivity (Wildman–Crippen MR) is 128 cm³/mol. The van der Waals surface area contributed by atoms with Gasteiger partial charge in [-0.1, -0.05) is 0 Å². The summed E-state index contributed by atoms with van der Waals surface area (Å²) in [7, 11) is 1.54. The van der Waals surface area contributed by atoms with Crippen LogP contribution in [0.2, 0.25) is 0 Å². The highest BCUT2D eigenvalue weighted by molar-refractivity contribution is 5.94. The number of nitrogens with zero attached hydrogens (tertiary/aromatic N) is 4. The average molecular weight is 495 g/mol. The summed E-state index contributed by atoms with van der Waals surface area (Å²) in [6.45, 7) is 2.83. The van der Waals surface area contributed by atoms with E-state index in [1.165, 1.54) is 6.20 Å². The van der Waals surface area contributed by atoms with Crippen LogP contribution in [-0.2, 0) is 22.5 Å². The molecule has 2 N–H and O–H groups in total. The van der Waals surface area contributed by atoms with Crippen LogP contribution in [0.25, 0.3) is 11.0 Å². The zero-order valence-electron chi connectivity index (χ0n) is 19.9. The van der Waals surface area contributed by atoms with Crippen molar-refractivity contribution in [2.24, 2.45) is 0 Å². The van der Waals surface area contributed by atoms with Gasteiger partial charge in [-0.25, -0.2) is 14.4 Å². The van der Waals surface area contributed by atoms with Gasteiger partial charge in [0.15, 0.2) is 18.2 Å². The number of ether oxygens (including phenoxy) is 3. The molecular weight excluding hydrogens is 467 g/mol. The van der Waals surface area contributed by atoms with Gasteiger partial charge in [0.05, 0.1) is 42.2 Å². The fourth-order valence-corrected chi connectivity index (χ4v) is 5.17. The molecule has 0 radical (unpaired) electrons. The standard InChI is InChI=1S/C25H27FN6O4/c1-34-23-5-3-18-24(31-23)16(17(26)10-28-18)6-7-32-11-15-8-19(21(12-32)36-15)27-9-14-2-4-20-25(29-14)30-22(33)13-35-20/h2-5,10,15,19,21,27H,6-9,11-13H2,1H3,(H,29,30,33)/t15-,19-,21+/m1/s1. The number of hydrogen-bond donors (Lipinski definition) is 2. The lowest BCUT2D eigenvalue weighted by Crippen LogP contribution is -2.47. The van der Waals surface area contributed by atoms with E-state index in [-0.39, 0.29) is 36.6 Å². The number of carbonyl (C=O) groups is 1. The van der Waals surface area contributed by atoms with Gasteiger partial charge in [-0.2, -0.15) is 0 Å². The maximum absolute atomic E-state index is 14.7. The molecule has 3 aliphatic heterocycles. The Morgan fingerprint density at radius 3 is 3.06 bits per heavy atom. The van der Waals surface area contributed by atoms with Crippen LogP contribution in [0.1, 0.15) is 17.7 Å². The maximum atomic E-state index is 14.7. The van der Waals surface area contributed by atoms with Crippen molar-refractivity contribution in [3.05, 3.63) is 47.5 Å². The van der Waals surface area contributed by atoms with E-state index in [2.05, 4.69) is 30.5 Å². The highest BCUT2D eigenvalue weighted by atomic mass is 19.1. The molecule has 0 aliphatic carbocycles. The topological polar surface area (TPSA) is 111 Å². The van der Waals surface area contributed by atoms with Gasteiger partial charge in [-0.15, -0.1) is 0 Å². The molecule has 6 rings (SSSR count). The Labute approximate surface area is 207 Å². The lowest BCUT2D eigenvalue weighted by Gasteiger charge is -2.33. The number of methoxy groups -OCH3 is 1. The molecule has 10 nitrogen and oxygen atoms in total. The first-order valence-electron chi connectivity index (χ1n) is 12.1. The molecule has 6 heterocycles. The second kappa shape index (κ2) is 9.57. The number of fused-ring (bicyclic) bond motifs is 4. The molecule has 0 unspecified atom stereocenters. The van der Waals surface area contributed by atoms with Crippen molar-refractivity contribution in [1.82, 2.24) is 25.2 Å². The van der Waals surface area contributed by atoms with Crippen LogP contribution in [0, 0.1) is 5.82 Å². The number of rotatable bonds is 7. The third kappa shape index (κ3) is 4.57. The number of likely N-dealkylation sites (tertiary alicyclic amines) is 1. The molecule has 0 saturated carbocycles. The maximum Gasteiger partial charge on any atom is 0.263 e. The van der Waals surface area contributed by atoms with E-state index in [1.807, 2.05) is 12.1 Å². The smallest absolute Gasteiger partial charge is 0.263 e. The van der Waals surface area contributed by atoms with Crippen molar-refractivity contribution in [2.45, 2.75) is 37.6 Å². The molecule has 3 aromatic rings. The molecule has 3 aromatic heterocycles. The molecular formula is C25H27FN6O4. The number of pyridine rings is 3. The van der Waals surface area contributed by atoms with E-state index >= 15 is 0 Å². The van der Waals surface area contributed by atoms with Crippen molar-refractivity contribution >= 4 is 22.8 Å². The summed E-state index contributed by atoms with van der Waals surface area (Å²) >= 11 is 0. The normalized spacial score (nSPS) is 23.3. The number of carbonyl (C=O) groups excluding carboxylic acids is 1. The van der Waals surface area contributed by atoms with E-state index < -0.39 is 0 Å². The van der Waals surface area contributed by atoms with Gasteiger partial charge in [-0.05, 0) is 31.0 Å². The largest absolute Gasteiger partial charge is 0.481 e. The lowest BCUT2D eigenvalue weighted by atomic mass is 10.1. The van der Waals surface area contributed by atoms with E-state index in [1.54, 1.807) is 19.2 Å². The minimum Gasteiger partial charge on any atom is -0.481 e.